The zero-order chi connectivity index (χ0) is 17.6. The number of ether oxygens (including phenoxy) is 1. The number of hydrogen-bond acceptors (Lipinski definition) is 3. The minimum Gasteiger partial charge on any atom is -0.378 e. The molecule has 2 aromatic rings. The summed E-state index contributed by atoms with van der Waals surface area (Å²) in [7, 11) is 0. The molecular formula is C20H25N3OS. The number of morpholine rings is 1. The van der Waals surface area contributed by atoms with Crippen molar-refractivity contribution in [3.63, 3.8) is 0 Å². The van der Waals surface area contributed by atoms with Gasteiger partial charge in [-0.1, -0.05) is 18.2 Å². The molecule has 0 unspecified atom stereocenters. The van der Waals surface area contributed by atoms with Crippen LogP contribution in [0.4, 0.5) is 11.4 Å². The minimum absolute atomic E-state index is 0.641. The van der Waals surface area contributed by atoms with Crippen molar-refractivity contribution < 1.29 is 4.74 Å². The molecule has 5 heteroatoms. The molecule has 1 fully saturated rings. The molecule has 25 heavy (non-hydrogen) atoms. The van der Waals surface area contributed by atoms with Crippen molar-refractivity contribution in [3.8, 4) is 0 Å². The van der Waals surface area contributed by atoms with E-state index in [1.165, 1.54) is 22.4 Å². The Hall–Kier alpha value is -2.11. The predicted octanol–water partition coefficient (Wildman–Crippen LogP) is 3.63. The number of nitrogens with one attached hydrogen (secondary N) is 2. The van der Waals surface area contributed by atoms with Crippen LogP contribution in [0.2, 0.25) is 0 Å². The first-order valence-electron chi connectivity index (χ1n) is 8.65. The number of aryl methyl sites for hydroxylation is 2. The second kappa shape index (κ2) is 8.32. The van der Waals surface area contributed by atoms with E-state index in [1.54, 1.807) is 0 Å². The van der Waals surface area contributed by atoms with E-state index in [0.717, 1.165) is 32.0 Å². The van der Waals surface area contributed by atoms with E-state index in [4.69, 9.17) is 17.0 Å². The third kappa shape index (κ3) is 5.18. The highest BCUT2D eigenvalue weighted by molar-refractivity contribution is 7.80. The van der Waals surface area contributed by atoms with Gasteiger partial charge in [0.15, 0.2) is 5.11 Å². The van der Waals surface area contributed by atoms with Crippen LogP contribution in [0.15, 0.2) is 42.5 Å². The monoisotopic (exact) mass is 355 g/mol. The van der Waals surface area contributed by atoms with E-state index in [1.807, 2.05) is 0 Å². The molecule has 1 saturated heterocycles. The molecular weight excluding hydrogens is 330 g/mol. The lowest BCUT2D eigenvalue weighted by Crippen LogP contribution is -2.36. The number of hydrogen-bond donors (Lipinski definition) is 2. The number of rotatable bonds is 4. The summed E-state index contributed by atoms with van der Waals surface area (Å²) in [5.41, 5.74) is 5.94. The molecule has 0 atom stereocenters. The fourth-order valence-corrected chi connectivity index (χ4v) is 3.24. The summed E-state index contributed by atoms with van der Waals surface area (Å²) in [4.78, 5) is 2.35. The van der Waals surface area contributed by atoms with Gasteiger partial charge in [0.05, 0.1) is 13.2 Å². The Kier molecular flexibility index (Phi) is 5.89. The molecule has 0 bridgehead atoms. The van der Waals surface area contributed by atoms with Crippen LogP contribution in [-0.2, 0) is 11.3 Å². The third-order valence-electron chi connectivity index (χ3n) is 4.25. The normalized spacial score (nSPS) is 14.2. The van der Waals surface area contributed by atoms with E-state index in [2.05, 4.69) is 71.8 Å². The van der Waals surface area contributed by atoms with Crippen molar-refractivity contribution >= 4 is 28.7 Å². The molecule has 0 saturated carbocycles. The quantitative estimate of drug-likeness (QED) is 0.819. The van der Waals surface area contributed by atoms with Gasteiger partial charge in [-0.3, -0.25) is 0 Å². The highest BCUT2D eigenvalue weighted by atomic mass is 32.1. The van der Waals surface area contributed by atoms with Crippen molar-refractivity contribution in [2.24, 2.45) is 0 Å². The molecule has 1 heterocycles. The Morgan fingerprint density at radius 2 is 1.68 bits per heavy atom. The summed E-state index contributed by atoms with van der Waals surface area (Å²) in [6.07, 6.45) is 0. The zero-order valence-corrected chi connectivity index (χ0v) is 15.7. The van der Waals surface area contributed by atoms with Crippen LogP contribution in [0.3, 0.4) is 0 Å². The maximum atomic E-state index is 5.41. The van der Waals surface area contributed by atoms with Crippen LogP contribution in [-0.4, -0.2) is 31.4 Å². The Labute approximate surface area is 155 Å². The Bertz CT molecular complexity index is 704. The highest BCUT2D eigenvalue weighted by Gasteiger charge is 2.10. The zero-order valence-electron chi connectivity index (χ0n) is 14.8. The minimum atomic E-state index is 0.641. The standard InChI is InChI=1S/C20H25N3OS/c1-15-11-16(2)13-18(12-15)22-20(25)21-14-17-3-5-19(6-4-17)23-7-9-24-10-8-23/h3-6,11-13H,7-10,14H2,1-2H3,(H2,21,22,25). The number of thiocarbonyl (C=S) groups is 1. The van der Waals surface area contributed by atoms with Crippen molar-refractivity contribution in [1.29, 1.82) is 0 Å². The molecule has 3 rings (SSSR count). The van der Waals surface area contributed by atoms with Crippen molar-refractivity contribution in [1.82, 2.24) is 5.32 Å². The van der Waals surface area contributed by atoms with Gasteiger partial charge in [0.2, 0.25) is 0 Å². The van der Waals surface area contributed by atoms with E-state index >= 15 is 0 Å². The molecule has 0 radical (unpaired) electrons. The van der Waals surface area contributed by atoms with Gasteiger partial charge in [-0.15, -0.1) is 0 Å². The fraction of sp³-hybridized carbons (Fsp3) is 0.350. The average molecular weight is 356 g/mol. The Morgan fingerprint density at radius 3 is 2.32 bits per heavy atom. The first kappa shape index (κ1) is 17.7. The largest absolute Gasteiger partial charge is 0.378 e. The molecule has 1 aliphatic heterocycles. The molecule has 0 amide bonds. The maximum absolute atomic E-state index is 5.41. The van der Waals surface area contributed by atoms with Crippen LogP contribution < -0.4 is 15.5 Å². The third-order valence-corrected chi connectivity index (χ3v) is 4.49. The Morgan fingerprint density at radius 1 is 1.04 bits per heavy atom. The molecule has 0 spiro atoms. The van der Waals surface area contributed by atoms with Gasteiger partial charge in [0.1, 0.15) is 0 Å². The van der Waals surface area contributed by atoms with E-state index in [0.29, 0.717) is 11.7 Å². The number of anilines is 2. The van der Waals surface area contributed by atoms with Crippen LogP contribution in [0.25, 0.3) is 0 Å². The van der Waals surface area contributed by atoms with E-state index in [9.17, 15) is 0 Å². The second-order valence-electron chi connectivity index (χ2n) is 6.45. The van der Waals surface area contributed by atoms with Gasteiger partial charge in [-0.25, -0.2) is 0 Å². The van der Waals surface area contributed by atoms with Crippen molar-refractivity contribution in [2.45, 2.75) is 20.4 Å². The average Bonchev–Trinajstić information content (AvgIpc) is 2.60. The van der Waals surface area contributed by atoms with Gasteiger partial charge in [0, 0.05) is 31.0 Å². The van der Waals surface area contributed by atoms with Gasteiger partial charge in [-0.2, -0.15) is 0 Å². The summed E-state index contributed by atoms with van der Waals surface area (Å²) in [6, 6.07) is 15.0. The lowest BCUT2D eigenvalue weighted by atomic mass is 10.1. The summed E-state index contributed by atoms with van der Waals surface area (Å²) in [6.45, 7) is 8.42. The van der Waals surface area contributed by atoms with Crippen LogP contribution in [0.1, 0.15) is 16.7 Å². The first-order chi connectivity index (χ1) is 12.1. The van der Waals surface area contributed by atoms with Gasteiger partial charge < -0.3 is 20.3 Å². The summed E-state index contributed by atoms with van der Waals surface area (Å²) in [5.74, 6) is 0. The number of nitrogens with zero attached hydrogens (tertiary/aromatic N) is 1. The lowest BCUT2D eigenvalue weighted by Gasteiger charge is -2.28. The van der Waals surface area contributed by atoms with E-state index < -0.39 is 0 Å². The molecule has 132 valence electrons. The number of benzene rings is 2. The summed E-state index contributed by atoms with van der Waals surface area (Å²) >= 11 is 5.41. The van der Waals surface area contributed by atoms with E-state index in [-0.39, 0.29) is 0 Å². The Balaban J connectivity index is 1.51. The van der Waals surface area contributed by atoms with Gasteiger partial charge in [-0.05, 0) is 67.0 Å². The smallest absolute Gasteiger partial charge is 0.171 e. The fourth-order valence-electron chi connectivity index (χ4n) is 3.05. The molecule has 0 aromatic heterocycles. The SMILES string of the molecule is Cc1cc(C)cc(NC(=S)NCc2ccc(N3CCOCC3)cc2)c1. The molecule has 1 aliphatic rings. The maximum Gasteiger partial charge on any atom is 0.171 e. The first-order valence-corrected chi connectivity index (χ1v) is 9.06. The van der Waals surface area contributed by atoms with Crippen molar-refractivity contribution in [3.05, 3.63) is 59.2 Å². The summed E-state index contributed by atoms with van der Waals surface area (Å²) in [5, 5.41) is 7.17. The van der Waals surface area contributed by atoms with Crippen LogP contribution >= 0.6 is 12.2 Å². The van der Waals surface area contributed by atoms with Gasteiger partial charge >= 0.3 is 0 Å². The topological polar surface area (TPSA) is 36.5 Å². The summed E-state index contributed by atoms with van der Waals surface area (Å²) < 4.78 is 5.40. The molecule has 2 N–H and O–H groups in total. The van der Waals surface area contributed by atoms with Crippen LogP contribution in [0.5, 0.6) is 0 Å². The molecule has 4 nitrogen and oxygen atoms in total. The predicted molar refractivity (Wildman–Crippen MR) is 108 cm³/mol. The van der Waals surface area contributed by atoms with Crippen LogP contribution in [0, 0.1) is 13.8 Å². The molecule has 2 aromatic carbocycles. The highest BCUT2D eigenvalue weighted by Crippen LogP contribution is 2.17. The van der Waals surface area contributed by atoms with Gasteiger partial charge in [0.25, 0.3) is 0 Å². The lowest BCUT2D eigenvalue weighted by molar-refractivity contribution is 0.122. The second-order valence-corrected chi connectivity index (χ2v) is 6.86. The van der Waals surface area contributed by atoms with Crippen molar-refractivity contribution in [2.75, 3.05) is 36.5 Å². The molecule has 0 aliphatic carbocycles.